The lowest BCUT2D eigenvalue weighted by atomic mass is 9.96. The van der Waals surface area contributed by atoms with Crippen molar-refractivity contribution in [2.24, 2.45) is 5.92 Å². The van der Waals surface area contributed by atoms with Gasteiger partial charge < -0.3 is 14.5 Å². The Bertz CT molecular complexity index is 949. The summed E-state index contributed by atoms with van der Waals surface area (Å²) in [6, 6.07) is 9.40. The maximum Gasteiger partial charge on any atom is 0.309 e. The first-order valence-electron chi connectivity index (χ1n) is 11.3. The number of thioether (sulfide) groups is 1. The number of piperidine rings is 1. The highest BCUT2D eigenvalue weighted by Crippen LogP contribution is 2.25. The smallest absolute Gasteiger partial charge is 0.309 e. The summed E-state index contributed by atoms with van der Waals surface area (Å²) in [5.74, 6) is 1.23. The van der Waals surface area contributed by atoms with Gasteiger partial charge in [-0.15, -0.1) is 0 Å². The lowest BCUT2D eigenvalue weighted by Gasteiger charge is -2.31. The first kappa shape index (κ1) is 25.3. The van der Waals surface area contributed by atoms with Gasteiger partial charge in [-0.1, -0.05) is 42.4 Å². The second-order valence-corrected chi connectivity index (χ2v) is 9.39. The number of carbonyl (C=O) groups excluding carboxylic acids is 2. The predicted octanol–water partition coefficient (Wildman–Crippen LogP) is 4.68. The molecular formula is C24H31ClN4O3S. The van der Waals surface area contributed by atoms with Crippen molar-refractivity contribution in [1.29, 1.82) is 0 Å². The first-order valence-corrected chi connectivity index (χ1v) is 12.7. The van der Waals surface area contributed by atoms with Gasteiger partial charge in [0.25, 0.3) is 5.91 Å². The van der Waals surface area contributed by atoms with Gasteiger partial charge in [0.15, 0.2) is 5.16 Å². The van der Waals surface area contributed by atoms with Crippen LogP contribution < -0.4 is 4.90 Å². The normalized spacial score (nSPS) is 14.2. The maximum atomic E-state index is 12.8. The SMILES string of the molecule is CCCN(C)c1cc(Cl)nc(SCc2ccc(C(=O)N3CCC(C(=O)OCC)CC3)cc2)n1. The number of hydrogen-bond donors (Lipinski definition) is 0. The quantitative estimate of drug-likeness (QED) is 0.218. The van der Waals surface area contributed by atoms with Crippen LogP contribution in [0.3, 0.4) is 0 Å². The fraction of sp³-hybridized carbons (Fsp3) is 0.500. The Morgan fingerprint density at radius 1 is 1.18 bits per heavy atom. The molecule has 178 valence electrons. The van der Waals surface area contributed by atoms with Gasteiger partial charge in [0.05, 0.1) is 12.5 Å². The molecule has 1 aromatic heterocycles. The Balaban J connectivity index is 1.54. The fourth-order valence-electron chi connectivity index (χ4n) is 3.75. The number of likely N-dealkylation sites (tertiary alicyclic amines) is 1. The Morgan fingerprint density at radius 3 is 2.52 bits per heavy atom. The number of ether oxygens (including phenoxy) is 1. The molecule has 33 heavy (non-hydrogen) atoms. The van der Waals surface area contributed by atoms with Gasteiger partial charge in [0.2, 0.25) is 0 Å². The molecule has 1 saturated heterocycles. The second kappa shape index (κ2) is 12.2. The number of hydrogen-bond acceptors (Lipinski definition) is 7. The second-order valence-electron chi connectivity index (χ2n) is 8.06. The number of halogens is 1. The maximum absolute atomic E-state index is 12.8. The molecule has 0 atom stereocenters. The highest BCUT2D eigenvalue weighted by molar-refractivity contribution is 7.98. The van der Waals surface area contributed by atoms with Crippen molar-refractivity contribution in [3.05, 3.63) is 46.6 Å². The third-order valence-corrected chi connectivity index (χ3v) is 6.69. The van der Waals surface area contributed by atoms with Crippen LogP contribution in [0.4, 0.5) is 5.82 Å². The minimum Gasteiger partial charge on any atom is -0.466 e. The number of carbonyl (C=O) groups is 2. The van der Waals surface area contributed by atoms with Gasteiger partial charge >= 0.3 is 5.97 Å². The molecule has 0 unspecified atom stereocenters. The van der Waals surface area contributed by atoms with Crippen LogP contribution in [-0.2, 0) is 15.3 Å². The highest BCUT2D eigenvalue weighted by atomic mass is 35.5. The van der Waals surface area contributed by atoms with E-state index in [1.807, 2.05) is 43.1 Å². The van der Waals surface area contributed by atoms with Crippen LogP contribution in [0.15, 0.2) is 35.5 Å². The molecule has 1 aliphatic rings. The average Bonchev–Trinajstić information content (AvgIpc) is 2.83. The zero-order valence-electron chi connectivity index (χ0n) is 19.4. The van der Waals surface area contributed by atoms with Crippen molar-refractivity contribution in [2.75, 3.05) is 38.2 Å². The van der Waals surface area contributed by atoms with E-state index in [2.05, 4.69) is 21.8 Å². The van der Waals surface area contributed by atoms with Crippen LogP contribution in [0.25, 0.3) is 0 Å². The van der Waals surface area contributed by atoms with E-state index >= 15 is 0 Å². The van der Waals surface area contributed by atoms with E-state index in [0.717, 1.165) is 24.3 Å². The van der Waals surface area contributed by atoms with Crippen LogP contribution in [0, 0.1) is 5.92 Å². The lowest BCUT2D eigenvalue weighted by Crippen LogP contribution is -2.40. The number of aromatic nitrogens is 2. The zero-order chi connectivity index (χ0) is 23.8. The average molecular weight is 491 g/mol. The molecule has 0 radical (unpaired) electrons. The molecule has 2 heterocycles. The molecule has 0 spiro atoms. The minimum atomic E-state index is -0.153. The largest absolute Gasteiger partial charge is 0.466 e. The Labute approximate surface area is 204 Å². The molecule has 1 aliphatic heterocycles. The van der Waals surface area contributed by atoms with Gasteiger partial charge in [-0.3, -0.25) is 9.59 Å². The van der Waals surface area contributed by atoms with E-state index in [1.165, 1.54) is 11.8 Å². The molecule has 0 bridgehead atoms. The van der Waals surface area contributed by atoms with Crippen molar-refractivity contribution in [3.8, 4) is 0 Å². The third kappa shape index (κ3) is 7.08. The lowest BCUT2D eigenvalue weighted by molar-refractivity contribution is -0.149. The minimum absolute atomic E-state index is 0.00158. The number of anilines is 1. The summed E-state index contributed by atoms with van der Waals surface area (Å²) in [7, 11) is 1.99. The van der Waals surface area contributed by atoms with Crippen LogP contribution in [0.2, 0.25) is 5.15 Å². The predicted molar refractivity (Wildman–Crippen MR) is 132 cm³/mol. The van der Waals surface area contributed by atoms with E-state index in [0.29, 0.717) is 54.2 Å². The molecule has 0 N–H and O–H groups in total. The van der Waals surface area contributed by atoms with Gasteiger partial charge in [0, 0.05) is 44.1 Å². The molecule has 7 nitrogen and oxygen atoms in total. The van der Waals surface area contributed by atoms with Crippen LogP contribution in [-0.4, -0.2) is 60.0 Å². The van der Waals surface area contributed by atoms with Crippen molar-refractivity contribution in [1.82, 2.24) is 14.9 Å². The Morgan fingerprint density at radius 2 is 1.88 bits per heavy atom. The van der Waals surface area contributed by atoms with Crippen molar-refractivity contribution in [3.63, 3.8) is 0 Å². The molecule has 1 amide bonds. The molecule has 3 rings (SSSR count). The van der Waals surface area contributed by atoms with Gasteiger partial charge in [0.1, 0.15) is 11.0 Å². The molecule has 1 aromatic carbocycles. The van der Waals surface area contributed by atoms with Gasteiger partial charge in [-0.25, -0.2) is 9.97 Å². The molecule has 2 aromatic rings. The fourth-order valence-corrected chi connectivity index (χ4v) is 4.78. The van der Waals surface area contributed by atoms with Crippen molar-refractivity contribution >= 4 is 41.1 Å². The molecule has 0 saturated carbocycles. The van der Waals surface area contributed by atoms with Crippen LogP contribution >= 0.6 is 23.4 Å². The molecule has 9 heteroatoms. The van der Waals surface area contributed by atoms with Crippen molar-refractivity contribution < 1.29 is 14.3 Å². The summed E-state index contributed by atoms with van der Waals surface area (Å²) in [5, 5.41) is 1.06. The highest BCUT2D eigenvalue weighted by Gasteiger charge is 2.28. The Hall–Kier alpha value is -2.32. The molecule has 0 aliphatic carbocycles. The standard InChI is InChI=1S/C24H31ClN4O3S/c1-4-12-28(3)21-15-20(25)26-24(27-21)33-16-17-6-8-18(9-7-17)22(30)29-13-10-19(11-14-29)23(31)32-5-2/h6-9,15,19H,4-5,10-14,16H2,1-3H3. The topological polar surface area (TPSA) is 75.6 Å². The van der Waals surface area contributed by atoms with E-state index in [9.17, 15) is 9.59 Å². The van der Waals surface area contributed by atoms with Crippen LogP contribution in [0.5, 0.6) is 0 Å². The zero-order valence-corrected chi connectivity index (χ0v) is 21.0. The summed E-state index contributed by atoms with van der Waals surface area (Å²) in [6.07, 6.45) is 2.32. The number of amides is 1. The summed E-state index contributed by atoms with van der Waals surface area (Å²) >= 11 is 7.70. The summed E-state index contributed by atoms with van der Waals surface area (Å²) in [4.78, 5) is 37.6. The number of rotatable bonds is 9. The van der Waals surface area contributed by atoms with Gasteiger partial charge in [-0.05, 0) is 43.9 Å². The first-order chi connectivity index (χ1) is 15.9. The van der Waals surface area contributed by atoms with E-state index in [4.69, 9.17) is 16.3 Å². The van der Waals surface area contributed by atoms with E-state index in [-0.39, 0.29) is 17.8 Å². The van der Waals surface area contributed by atoms with Crippen molar-refractivity contribution in [2.45, 2.75) is 44.0 Å². The third-order valence-electron chi connectivity index (χ3n) is 5.58. The summed E-state index contributed by atoms with van der Waals surface area (Å²) in [5.41, 5.74) is 1.73. The summed E-state index contributed by atoms with van der Waals surface area (Å²) < 4.78 is 5.10. The number of benzene rings is 1. The number of nitrogens with zero attached hydrogens (tertiary/aromatic N) is 4. The van der Waals surface area contributed by atoms with Crippen LogP contribution in [0.1, 0.15) is 49.0 Å². The molecular weight excluding hydrogens is 460 g/mol. The van der Waals surface area contributed by atoms with Gasteiger partial charge in [-0.2, -0.15) is 0 Å². The summed E-state index contributed by atoms with van der Waals surface area (Å²) in [6.45, 7) is 6.36. The molecule has 1 fully saturated rings. The number of esters is 1. The van der Waals surface area contributed by atoms with E-state index < -0.39 is 0 Å². The van der Waals surface area contributed by atoms with E-state index in [1.54, 1.807) is 6.07 Å². The monoisotopic (exact) mass is 490 g/mol. The Kier molecular flexibility index (Phi) is 9.38.